The Morgan fingerprint density at radius 3 is 1.39 bits per heavy atom. The predicted molar refractivity (Wildman–Crippen MR) is 81.9 cm³/mol. The summed E-state index contributed by atoms with van der Waals surface area (Å²) in [6, 6.07) is 0. The first-order chi connectivity index (χ1) is 8.70. The molecule has 94 valence electrons. The highest BCUT2D eigenvalue weighted by molar-refractivity contribution is 5.28. The topological polar surface area (TPSA) is 0 Å². The van der Waals surface area contributed by atoms with E-state index < -0.39 is 0 Å². The van der Waals surface area contributed by atoms with Crippen molar-refractivity contribution in [1.29, 1.82) is 0 Å². The Kier molecular flexibility index (Phi) is 10.5. The van der Waals surface area contributed by atoms with Gasteiger partial charge in [-0.3, -0.25) is 0 Å². The Morgan fingerprint density at radius 1 is 0.667 bits per heavy atom. The highest BCUT2D eigenvalue weighted by Gasteiger charge is 1.78. The van der Waals surface area contributed by atoms with Gasteiger partial charge in [0.2, 0.25) is 0 Å². The van der Waals surface area contributed by atoms with Gasteiger partial charge in [0.15, 0.2) is 0 Å². The van der Waals surface area contributed by atoms with Crippen molar-refractivity contribution in [1.82, 2.24) is 0 Å². The Hall–Kier alpha value is -1.82. The van der Waals surface area contributed by atoms with Crippen LogP contribution in [0.4, 0.5) is 0 Å². The second-order valence-corrected chi connectivity index (χ2v) is 3.84. The lowest BCUT2D eigenvalue weighted by Gasteiger charge is -1.87. The molecule has 0 heteroatoms. The van der Waals surface area contributed by atoms with Gasteiger partial charge >= 0.3 is 0 Å². The molecule has 0 nitrogen and oxygen atoms in total. The fourth-order valence-electron chi connectivity index (χ4n) is 1.12. The molecule has 0 aliphatic rings. The van der Waals surface area contributed by atoms with Crippen LogP contribution in [0.1, 0.15) is 27.7 Å². The number of allylic oxidation sites excluding steroid dienone is 14. The SMILES string of the molecule is C/[C]=C/C=C/C(C)=C/C=C/C=C(C)/C=C/C=[C]/C. The van der Waals surface area contributed by atoms with E-state index in [0.29, 0.717) is 0 Å². The summed E-state index contributed by atoms with van der Waals surface area (Å²) in [6.07, 6.45) is 26.0. The Balaban J connectivity index is 4.31. The molecule has 0 unspecified atom stereocenters. The van der Waals surface area contributed by atoms with Crippen LogP contribution >= 0.6 is 0 Å². The zero-order chi connectivity index (χ0) is 13.6. The van der Waals surface area contributed by atoms with Crippen LogP contribution in [0.5, 0.6) is 0 Å². The van der Waals surface area contributed by atoms with E-state index in [4.69, 9.17) is 0 Å². The van der Waals surface area contributed by atoms with Gasteiger partial charge in [-0.1, -0.05) is 71.9 Å². The molecule has 0 aliphatic heterocycles. The molecular formula is C18H22. The highest BCUT2D eigenvalue weighted by atomic mass is 13.8. The molecule has 0 atom stereocenters. The van der Waals surface area contributed by atoms with Crippen LogP contribution in [0.15, 0.2) is 71.9 Å². The van der Waals surface area contributed by atoms with Crippen molar-refractivity contribution in [2.75, 3.05) is 0 Å². The molecule has 0 aromatic carbocycles. The van der Waals surface area contributed by atoms with Crippen LogP contribution in [0, 0.1) is 12.2 Å². The lowest BCUT2D eigenvalue weighted by atomic mass is 10.2. The minimum Gasteiger partial charge on any atom is -0.0620 e. The largest absolute Gasteiger partial charge is 0.0620 e. The Morgan fingerprint density at radius 2 is 1.06 bits per heavy atom. The van der Waals surface area contributed by atoms with Crippen LogP contribution in [0.2, 0.25) is 0 Å². The molecule has 0 N–H and O–H groups in total. The van der Waals surface area contributed by atoms with E-state index in [2.05, 4.69) is 50.3 Å². The molecule has 0 saturated heterocycles. The maximum atomic E-state index is 2.95. The predicted octanol–water partition coefficient (Wildman–Crippen LogP) is 5.31. The summed E-state index contributed by atoms with van der Waals surface area (Å²) in [4.78, 5) is 0. The summed E-state index contributed by atoms with van der Waals surface area (Å²) in [5.74, 6) is 0. The van der Waals surface area contributed by atoms with Crippen molar-refractivity contribution in [3.63, 3.8) is 0 Å². The minimum absolute atomic E-state index is 1.21. The molecule has 0 heterocycles. The fourth-order valence-corrected chi connectivity index (χ4v) is 1.12. The van der Waals surface area contributed by atoms with Crippen LogP contribution in [-0.4, -0.2) is 0 Å². The third-order valence-electron chi connectivity index (χ3n) is 2.07. The van der Waals surface area contributed by atoms with Crippen molar-refractivity contribution in [3.05, 3.63) is 84.1 Å². The molecule has 2 radical (unpaired) electrons. The molecule has 0 bridgehead atoms. The van der Waals surface area contributed by atoms with Gasteiger partial charge in [-0.25, -0.2) is 0 Å². The average molecular weight is 238 g/mol. The molecule has 0 fully saturated rings. The summed E-state index contributed by atoms with van der Waals surface area (Å²) in [6.45, 7) is 7.91. The first-order valence-electron chi connectivity index (χ1n) is 6.07. The second-order valence-electron chi connectivity index (χ2n) is 3.84. The molecule has 0 aromatic rings. The third kappa shape index (κ3) is 10.7. The van der Waals surface area contributed by atoms with E-state index in [1.54, 1.807) is 0 Å². The van der Waals surface area contributed by atoms with Gasteiger partial charge in [-0.05, 0) is 39.8 Å². The van der Waals surface area contributed by atoms with E-state index in [-0.39, 0.29) is 0 Å². The van der Waals surface area contributed by atoms with Gasteiger partial charge < -0.3 is 0 Å². The number of hydrogen-bond acceptors (Lipinski definition) is 0. The lowest BCUT2D eigenvalue weighted by Crippen LogP contribution is -1.67. The summed E-state index contributed by atoms with van der Waals surface area (Å²) < 4.78 is 0. The smallest absolute Gasteiger partial charge is 0.0395 e. The molecule has 0 amide bonds. The standard InChI is InChI=1S/C18H22/c1-5-7-9-13-17(3)15-11-12-16-18(4)14-10-8-6-2/h7-16H,1-4H3/b7-5?,8-6?,12-11+,13-9+,14-10+,17-15+,18-16+. The van der Waals surface area contributed by atoms with Crippen molar-refractivity contribution in [3.8, 4) is 0 Å². The van der Waals surface area contributed by atoms with Gasteiger partial charge in [0, 0.05) is 0 Å². The third-order valence-corrected chi connectivity index (χ3v) is 2.07. The van der Waals surface area contributed by atoms with Crippen molar-refractivity contribution < 1.29 is 0 Å². The molecule has 0 saturated carbocycles. The fraction of sp³-hybridized carbons (Fsp3) is 0.222. The maximum absolute atomic E-state index is 2.95. The first-order valence-corrected chi connectivity index (χ1v) is 6.07. The van der Waals surface area contributed by atoms with Crippen LogP contribution in [0.25, 0.3) is 0 Å². The molecule has 0 spiro atoms. The van der Waals surface area contributed by atoms with E-state index in [9.17, 15) is 0 Å². The highest BCUT2D eigenvalue weighted by Crippen LogP contribution is 1.98. The zero-order valence-electron chi connectivity index (χ0n) is 11.8. The zero-order valence-corrected chi connectivity index (χ0v) is 11.8. The maximum Gasteiger partial charge on any atom is -0.0395 e. The van der Waals surface area contributed by atoms with Crippen LogP contribution in [0.3, 0.4) is 0 Å². The van der Waals surface area contributed by atoms with Crippen molar-refractivity contribution in [2.45, 2.75) is 27.7 Å². The summed E-state index contributed by atoms with van der Waals surface area (Å²) >= 11 is 0. The molecule has 0 aliphatic carbocycles. The number of rotatable bonds is 6. The Labute approximate surface area is 112 Å². The minimum atomic E-state index is 1.21. The van der Waals surface area contributed by atoms with Crippen molar-refractivity contribution in [2.24, 2.45) is 0 Å². The van der Waals surface area contributed by atoms with E-state index >= 15 is 0 Å². The molecule has 0 aromatic heterocycles. The quantitative estimate of drug-likeness (QED) is 0.550. The molecule has 0 rings (SSSR count). The van der Waals surface area contributed by atoms with Crippen LogP contribution in [-0.2, 0) is 0 Å². The monoisotopic (exact) mass is 238 g/mol. The Bertz CT molecular complexity index is 367. The van der Waals surface area contributed by atoms with Gasteiger partial charge in [-0.15, -0.1) is 0 Å². The van der Waals surface area contributed by atoms with E-state index in [0.717, 1.165) is 0 Å². The van der Waals surface area contributed by atoms with Gasteiger partial charge in [-0.2, -0.15) is 0 Å². The number of hydrogen-bond donors (Lipinski definition) is 0. The van der Waals surface area contributed by atoms with Gasteiger partial charge in [0.1, 0.15) is 0 Å². The van der Waals surface area contributed by atoms with Gasteiger partial charge in [0.05, 0.1) is 0 Å². The van der Waals surface area contributed by atoms with Crippen LogP contribution < -0.4 is 0 Å². The normalized spacial score (nSPS) is 15.3. The first kappa shape index (κ1) is 16.2. The second kappa shape index (κ2) is 11.7. The van der Waals surface area contributed by atoms with Gasteiger partial charge in [0.25, 0.3) is 0 Å². The lowest BCUT2D eigenvalue weighted by molar-refractivity contribution is 1.50. The average Bonchev–Trinajstić information content (AvgIpc) is 2.35. The van der Waals surface area contributed by atoms with E-state index in [1.165, 1.54) is 11.1 Å². The summed E-state index contributed by atoms with van der Waals surface area (Å²) in [5.41, 5.74) is 2.42. The molecule has 18 heavy (non-hydrogen) atoms. The summed E-state index contributed by atoms with van der Waals surface area (Å²) in [5, 5.41) is 0. The summed E-state index contributed by atoms with van der Waals surface area (Å²) in [7, 11) is 0. The van der Waals surface area contributed by atoms with E-state index in [1.807, 2.05) is 50.3 Å². The molecular weight excluding hydrogens is 216 g/mol. The van der Waals surface area contributed by atoms with Crippen molar-refractivity contribution >= 4 is 0 Å².